The van der Waals surface area contributed by atoms with Crippen LogP contribution in [0.15, 0.2) is 6.20 Å². The molecule has 16 heavy (non-hydrogen) atoms. The smallest absolute Gasteiger partial charge is 0.166 e. The molecule has 0 radical (unpaired) electrons. The molecule has 3 nitrogen and oxygen atoms in total. The van der Waals surface area contributed by atoms with Crippen molar-refractivity contribution in [1.82, 2.24) is 9.78 Å². The van der Waals surface area contributed by atoms with Gasteiger partial charge in [-0.2, -0.15) is 5.10 Å². The van der Waals surface area contributed by atoms with Crippen molar-refractivity contribution in [2.45, 2.75) is 57.4 Å². The SMILES string of the molecule is O=C1CCCCc2c1cnn2C1CCCC1. The zero-order valence-corrected chi connectivity index (χ0v) is 9.61. The zero-order chi connectivity index (χ0) is 11.0. The van der Waals surface area contributed by atoms with Gasteiger partial charge in [-0.05, 0) is 32.1 Å². The number of nitrogens with zero attached hydrogens (tertiary/aromatic N) is 2. The second-order valence-corrected chi connectivity index (χ2v) is 5.02. The second kappa shape index (κ2) is 4.04. The molecule has 86 valence electrons. The largest absolute Gasteiger partial charge is 0.294 e. The Morgan fingerprint density at radius 3 is 2.69 bits per heavy atom. The van der Waals surface area contributed by atoms with Crippen molar-refractivity contribution in [3.05, 3.63) is 17.5 Å². The highest BCUT2D eigenvalue weighted by Gasteiger charge is 2.25. The van der Waals surface area contributed by atoms with Gasteiger partial charge in [-0.3, -0.25) is 9.48 Å². The molecule has 0 aromatic carbocycles. The Morgan fingerprint density at radius 2 is 1.88 bits per heavy atom. The Hall–Kier alpha value is -1.12. The number of rotatable bonds is 1. The first-order chi connectivity index (χ1) is 7.86. The van der Waals surface area contributed by atoms with Crippen molar-refractivity contribution in [1.29, 1.82) is 0 Å². The molecule has 3 heteroatoms. The fraction of sp³-hybridized carbons (Fsp3) is 0.692. The average molecular weight is 218 g/mol. The number of carbonyl (C=O) groups excluding carboxylic acids is 1. The van der Waals surface area contributed by atoms with Crippen LogP contribution in [-0.4, -0.2) is 15.6 Å². The topological polar surface area (TPSA) is 34.9 Å². The van der Waals surface area contributed by atoms with Crippen molar-refractivity contribution < 1.29 is 4.79 Å². The van der Waals surface area contributed by atoms with Crippen LogP contribution in [0.4, 0.5) is 0 Å². The van der Waals surface area contributed by atoms with Gasteiger partial charge in [0, 0.05) is 12.1 Å². The molecule has 0 unspecified atom stereocenters. The van der Waals surface area contributed by atoms with Gasteiger partial charge in [-0.1, -0.05) is 12.8 Å². The van der Waals surface area contributed by atoms with E-state index >= 15 is 0 Å². The van der Waals surface area contributed by atoms with Gasteiger partial charge in [-0.15, -0.1) is 0 Å². The van der Waals surface area contributed by atoms with Crippen LogP contribution in [0.1, 0.15) is 67.0 Å². The molecule has 0 aliphatic heterocycles. The molecular weight excluding hydrogens is 200 g/mol. The first-order valence-electron chi connectivity index (χ1n) is 6.46. The van der Waals surface area contributed by atoms with Gasteiger partial charge >= 0.3 is 0 Å². The maximum Gasteiger partial charge on any atom is 0.166 e. The number of fused-ring (bicyclic) bond motifs is 1. The molecule has 3 rings (SSSR count). The highest BCUT2D eigenvalue weighted by molar-refractivity contribution is 5.97. The number of carbonyl (C=O) groups is 1. The van der Waals surface area contributed by atoms with Gasteiger partial charge in [0.05, 0.1) is 17.8 Å². The molecule has 0 bridgehead atoms. The minimum atomic E-state index is 0.303. The predicted molar refractivity (Wildman–Crippen MR) is 61.6 cm³/mol. The summed E-state index contributed by atoms with van der Waals surface area (Å²) in [7, 11) is 0. The first-order valence-corrected chi connectivity index (χ1v) is 6.46. The van der Waals surface area contributed by atoms with E-state index in [1.807, 2.05) is 0 Å². The Balaban J connectivity index is 1.97. The van der Waals surface area contributed by atoms with Crippen molar-refractivity contribution >= 4 is 5.78 Å². The van der Waals surface area contributed by atoms with Crippen LogP contribution in [-0.2, 0) is 6.42 Å². The van der Waals surface area contributed by atoms with E-state index < -0.39 is 0 Å². The van der Waals surface area contributed by atoms with Crippen molar-refractivity contribution in [2.24, 2.45) is 0 Å². The summed E-state index contributed by atoms with van der Waals surface area (Å²) in [6, 6.07) is 0.564. The van der Waals surface area contributed by atoms with Gasteiger partial charge in [0.25, 0.3) is 0 Å². The normalized spacial score (nSPS) is 22.1. The van der Waals surface area contributed by atoms with Crippen LogP contribution in [0.25, 0.3) is 0 Å². The quantitative estimate of drug-likeness (QED) is 0.679. The van der Waals surface area contributed by atoms with E-state index in [0.717, 1.165) is 24.8 Å². The second-order valence-electron chi connectivity index (χ2n) is 5.02. The minimum absolute atomic E-state index is 0.303. The Kier molecular flexibility index (Phi) is 2.54. The standard InChI is InChI=1S/C13H18N2O/c16-13-8-4-3-7-12-11(13)9-14-15(12)10-5-1-2-6-10/h9-10H,1-8H2. The van der Waals surface area contributed by atoms with Crippen molar-refractivity contribution in [3.8, 4) is 0 Å². The predicted octanol–water partition coefficient (Wildman–Crippen LogP) is 2.91. The molecular formula is C13H18N2O. The third-order valence-electron chi connectivity index (χ3n) is 3.94. The molecule has 1 heterocycles. The highest BCUT2D eigenvalue weighted by Crippen LogP contribution is 2.32. The van der Waals surface area contributed by atoms with Crippen LogP contribution in [0.3, 0.4) is 0 Å². The summed E-state index contributed by atoms with van der Waals surface area (Å²) in [6.07, 6.45) is 10.8. The number of ketones is 1. The van der Waals surface area contributed by atoms with Crippen LogP contribution in [0.2, 0.25) is 0 Å². The fourth-order valence-electron chi connectivity index (χ4n) is 3.05. The lowest BCUT2D eigenvalue weighted by Gasteiger charge is -2.14. The molecule has 1 fully saturated rings. The van der Waals surface area contributed by atoms with Gasteiger partial charge in [0.2, 0.25) is 0 Å². The third-order valence-corrected chi connectivity index (χ3v) is 3.94. The van der Waals surface area contributed by atoms with Crippen molar-refractivity contribution in [3.63, 3.8) is 0 Å². The van der Waals surface area contributed by atoms with E-state index in [-0.39, 0.29) is 0 Å². The molecule has 1 aromatic rings. The number of Topliss-reactive ketones (excluding diaryl/α,β-unsaturated/α-hetero) is 1. The lowest BCUT2D eigenvalue weighted by Crippen LogP contribution is -2.11. The summed E-state index contributed by atoms with van der Waals surface area (Å²) in [6.45, 7) is 0. The third kappa shape index (κ3) is 1.58. The number of hydrogen-bond acceptors (Lipinski definition) is 2. The Bertz CT molecular complexity index is 402. The summed E-state index contributed by atoms with van der Waals surface area (Å²) >= 11 is 0. The maximum atomic E-state index is 11.9. The zero-order valence-electron chi connectivity index (χ0n) is 9.61. The molecule has 0 spiro atoms. The summed E-state index contributed by atoms with van der Waals surface area (Å²) in [5, 5.41) is 4.47. The van der Waals surface area contributed by atoms with E-state index in [9.17, 15) is 4.79 Å². The van der Waals surface area contributed by atoms with E-state index in [4.69, 9.17) is 0 Å². The first kappa shape index (κ1) is 10.1. The minimum Gasteiger partial charge on any atom is -0.294 e. The van der Waals surface area contributed by atoms with E-state index in [2.05, 4.69) is 9.78 Å². The molecule has 2 aliphatic carbocycles. The van der Waals surface area contributed by atoms with E-state index in [1.54, 1.807) is 6.20 Å². The van der Waals surface area contributed by atoms with Gasteiger partial charge in [0.1, 0.15) is 0 Å². The van der Waals surface area contributed by atoms with Crippen LogP contribution in [0.5, 0.6) is 0 Å². The monoisotopic (exact) mass is 218 g/mol. The Labute approximate surface area is 95.8 Å². The molecule has 0 atom stereocenters. The molecule has 1 saturated carbocycles. The van der Waals surface area contributed by atoms with Crippen LogP contribution in [0, 0.1) is 0 Å². The summed E-state index contributed by atoms with van der Waals surface area (Å²) in [5.74, 6) is 0.303. The number of hydrogen-bond donors (Lipinski definition) is 0. The van der Waals surface area contributed by atoms with Crippen LogP contribution >= 0.6 is 0 Å². The lowest BCUT2D eigenvalue weighted by atomic mass is 10.1. The molecule has 1 aromatic heterocycles. The summed E-state index contributed by atoms with van der Waals surface area (Å²) in [5.41, 5.74) is 2.12. The fourth-order valence-corrected chi connectivity index (χ4v) is 3.05. The van der Waals surface area contributed by atoms with Crippen LogP contribution < -0.4 is 0 Å². The van der Waals surface area contributed by atoms with E-state index in [0.29, 0.717) is 18.2 Å². The molecule has 0 saturated heterocycles. The molecule has 0 N–H and O–H groups in total. The lowest BCUT2D eigenvalue weighted by molar-refractivity contribution is 0.0982. The van der Waals surface area contributed by atoms with Gasteiger partial charge in [0.15, 0.2) is 5.78 Å². The maximum absolute atomic E-state index is 11.9. The highest BCUT2D eigenvalue weighted by atomic mass is 16.1. The average Bonchev–Trinajstić information content (AvgIpc) is 2.89. The summed E-state index contributed by atoms with van der Waals surface area (Å²) in [4.78, 5) is 11.9. The van der Waals surface area contributed by atoms with Gasteiger partial charge in [-0.25, -0.2) is 0 Å². The molecule has 2 aliphatic rings. The number of aromatic nitrogens is 2. The summed E-state index contributed by atoms with van der Waals surface area (Å²) < 4.78 is 2.16. The van der Waals surface area contributed by atoms with Crippen molar-refractivity contribution in [2.75, 3.05) is 0 Å². The molecule has 0 amide bonds. The van der Waals surface area contributed by atoms with Gasteiger partial charge < -0.3 is 0 Å². The van der Waals surface area contributed by atoms with E-state index in [1.165, 1.54) is 31.4 Å². The Morgan fingerprint density at radius 1 is 1.12 bits per heavy atom.